The SMILES string of the molecule is COc1ccccc1C(=O)Nc1cncc(-c2nncn2C)c1. The second-order valence-electron chi connectivity index (χ2n) is 4.88. The zero-order valence-electron chi connectivity index (χ0n) is 12.7. The quantitative estimate of drug-likeness (QED) is 0.798. The average molecular weight is 309 g/mol. The average Bonchev–Trinajstić information content (AvgIpc) is 3.01. The number of nitrogens with zero attached hydrogens (tertiary/aromatic N) is 4. The molecule has 0 spiro atoms. The number of benzene rings is 1. The van der Waals surface area contributed by atoms with Crippen LogP contribution in [0.4, 0.5) is 5.69 Å². The van der Waals surface area contributed by atoms with Crippen LogP contribution in [-0.2, 0) is 7.05 Å². The van der Waals surface area contributed by atoms with Gasteiger partial charge in [0, 0.05) is 18.8 Å². The van der Waals surface area contributed by atoms with Crippen molar-refractivity contribution < 1.29 is 9.53 Å². The van der Waals surface area contributed by atoms with E-state index in [1.54, 1.807) is 47.6 Å². The van der Waals surface area contributed by atoms with Crippen LogP contribution in [0.3, 0.4) is 0 Å². The first kappa shape index (κ1) is 14.7. The Morgan fingerprint density at radius 3 is 2.83 bits per heavy atom. The van der Waals surface area contributed by atoms with Gasteiger partial charge in [-0.05, 0) is 18.2 Å². The molecule has 3 rings (SSSR count). The molecule has 0 radical (unpaired) electrons. The second kappa shape index (κ2) is 6.27. The predicted molar refractivity (Wildman–Crippen MR) is 85.2 cm³/mol. The molecule has 0 saturated carbocycles. The van der Waals surface area contributed by atoms with Gasteiger partial charge in [0.05, 0.1) is 24.6 Å². The molecule has 0 bridgehead atoms. The predicted octanol–water partition coefficient (Wildman–Crippen LogP) is 2.14. The van der Waals surface area contributed by atoms with E-state index in [1.165, 1.54) is 7.11 Å². The van der Waals surface area contributed by atoms with Crippen LogP contribution in [-0.4, -0.2) is 32.8 Å². The van der Waals surface area contributed by atoms with Crippen molar-refractivity contribution in [2.24, 2.45) is 7.05 Å². The molecule has 0 unspecified atom stereocenters. The molecule has 116 valence electrons. The van der Waals surface area contributed by atoms with Crippen LogP contribution in [0.15, 0.2) is 49.1 Å². The molecule has 7 heteroatoms. The fraction of sp³-hybridized carbons (Fsp3) is 0.125. The normalized spacial score (nSPS) is 10.3. The third-order valence-corrected chi connectivity index (χ3v) is 3.32. The van der Waals surface area contributed by atoms with Gasteiger partial charge >= 0.3 is 0 Å². The lowest BCUT2D eigenvalue weighted by Gasteiger charge is -2.09. The van der Waals surface area contributed by atoms with E-state index < -0.39 is 0 Å². The Labute approximate surface area is 133 Å². The number of anilines is 1. The van der Waals surface area contributed by atoms with Crippen molar-refractivity contribution in [3.63, 3.8) is 0 Å². The highest BCUT2D eigenvalue weighted by molar-refractivity contribution is 6.06. The molecule has 1 aromatic carbocycles. The first-order valence-corrected chi connectivity index (χ1v) is 6.93. The van der Waals surface area contributed by atoms with E-state index in [4.69, 9.17) is 4.74 Å². The Hall–Kier alpha value is -3.22. The lowest BCUT2D eigenvalue weighted by atomic mass is 10.2. The molecule has 0 aliphatic heterocycles. The zero-order chi connectivity index (χ0) is 16.2. The van der Waals surface area contributed by atoms with Gasteiger partial charge in [-0.15, -0.1) is 10.2 Å². The highest BCUT2D eigenvalue weighted by Gasteiger charge is 2.13. The largest absolute Gasteiger partial charge is 0.496 e. The molecule has 3 aromatic rings. The van der Waals surface area contributed by atoms with Gasteiger partial charge in [-0.2, -0.15) is 0 Å². The van der Waals surface area contributed by atoms with Gasteiger partial charge in [0.2, 0.25) is 0 Å². The Balaban J connectivity index is 1.86. The summed E-state index contributed by atoms with van der Waals surface area (Å²) in [5.41, 5.74) is 1.79. The number of hydrogen-bond acceptors (Lipinski definition) is 5. The van der Waals surface area contributed by atoms with Crippen molar-refractivity contribution in [1.29, 1.82) is 0 Å². The molecule has 23 heavy (non-hydrogen) atoms. The summed E-state index contributed by atoms with van der Waals surface area (Å²) in [7, 11) is 3.37. The summed E-state index contributed by atoms with van der Waals surface area (Å²) >= 11 is 0. The standard InChI is InChI=1S/C16H15N5O2/c1-21-10-18-20-15(21)11-7-12(9-17-8-11)19-16(22)13-5-3-4-6-14(13)23-2/h3-10H,1-2H3,(H,19,22). The number of ether oxygens (including phenoxy) is 1. The van der Waals surface area contributed by atoms with Crippen LogP contribution in [0.5, 0.6) is 5.75 Å². The van der Waals surface area contributed by atoms with Crippen molar-refractivity contribution >= 4 is 11.6 Å². The highest BCUT2D eigenvalue weighted by atomic mass is 16.5. The number of para-hydroxylation sites is 1. The van der Waals surface area contributed by atoms with Gasteiger partial charge in [0.25, 0.3) is 5.91 Å². The first-order chi connectivity index (χ1) is 11.2. The summed E-state index contributed by atoms with van der Waals surface area (Å²) in [6.07, 6.45) is 4.85. The number of carbonyl (C=O) groups excluding carboxylic acids is 1. The Morgan fingerprint density at radius 1 is 1.26 bits per heavy atom. The maximum atomic E-state index is 12.4. The van der Waals surface area contributed by atoms with E-state index >= 15 is 0 Å². The summed E-state index contributed by atoms with van der Waals surface area (Å²) in [4.78, 5) is 16.6. The monoisotopic (exact) mass is 309 g/mol. The zero-order valence-corrected chi connectivity index (χ0v) is 12.7. The van der Waals surface area contributed by atoms with Crippen molar-refractivity contribution in [2.45, 2.75) is 0 Å². The van der Waals surface area contributed by atoms with Crippen molar-refractivity contribution in [3.05, 3.63) is 54.6 Å². The van der Waals surface area contributed by atoms with Crippen molar-refractivity contribution in [2.75, 3.05) is 12.4 Å². The molecule has 0 saturated heterocycles. The molecular formula is C16H15N5O2. The van der Waals surface area contributed by atoms with Crippen LogP contribution in [0.1, 0.15) is 10.4 Å². The molecule has 0 fully saturated rings. The minimum Gasteiger partial charge on any atom is -0.496 e. The Morgan fingerprint density at radius 2 is 2.09 bits per heavy atom. The molecule has 7 nitrogen and oxygen atoms in total. The van der Waals surface area contributed by atoms with Gasteiger partial charge in [0.1, 0.15) is 12.1 Å². The Bertz CT molecular complexity index is 844. The third kappa shape index (κ3) is 3.03. The highest BCUT2D eigenvalue weighted by Crippen LogP contribution is 2.21. The minimum atomic E-state index is -0.264. The van der Waals surface area contributed by atoms with E-state index in [9.17, 15) is 4.79 Å². The van der Waals surface area contributed by atoms with Gasteiger partial charge < -0.3 is 14.6 Å². The number of hydrogen-bond donors (Lipinski definition) is 1. The Kier molecular flexibility index (Phi) is 4.01. The number of nitrogens with one attached hydrogen (secondary N) is 1. The van der Waals surface area contributed by atoms with Crippen LogP contribution in [0.2, 0.25) is 0 Å². The summed E-state index contributed by atoms with van der Waals surface area (Å²) in [5, 5.41) is 10.7. The summed E-state index contributed by atoms with van der Waals surface area (Å²) in [5.74, 6) is 0.924. The molecule has 2 heterocycles. The van der Waals surface area contributed by atoms with Crippen LogP contribution < -0.4 is 10.1 Å². The molecule has 2 aromatic heterocycles. The number of carbonyl (C=O) groups is 1. The van der Waals surface area contributed by atoms with Crippen molar-refractivity contribution in [3.8, 4) is 17.1 Å². The van der Waals surface area contributed by atoms with E-state index in [0.717, 1.165) is 5.56 Å². The van der Waals surface area contributed by atoms with Gasteiger partial charge in [0.15, 0.2) is 5.82 Å². The molecular weight excluding hydrogens is 294 g/mol. The number of amides is 1. The second-order valence-corrected chi connectivity index (χ2v) is 4.88. The summed E-state index contributed by atoms with van der Waals surface area (Å²) in [6, 6.07) is 8.83. The molecule has 0 atom stereocenters. The number of aromatic nitrogens is 4. The van der Waals surface area contributed by atoms with Crippen LogP contribution in [0, 0.1) is 0 Å². The lowest BCUT2D eigenvalue weighted by Crippen LogP contribution is -2.13. The van der Waals surface area contributed by atoms with E-state index in [1.807, 2.05) is 13.1 Å². The number of aryl methyl sites for hydroxylation is 1. The molecule has 0 aliphatic rings. The number of pyridine rings is 1. The van der Waals surface area contributed by atoms with E-state index in [2.05, 4.69) is 20.5 Å². The summed E-state index contributed by atoms with van der Waals surface area (Å²) < 4.78 is 6.99. The lowest BCUT2D eigenvalue weighted by molar-refractivity contribution is 0.102. The number of methoxy groups -OCH3 is 1. The fourth-order valence-electron chi connectivity index (χ4n) is 2.21. The van der Waals surface area contributed by atoms with Gasteiger partial charge in [-0.1, -0.05) is 12.1 Å². The summed E-state index contributed by atoms with van der Waals surface area (Å²) in [6.45, 7) is 0. The fourth-order valence-corrected chi connectivity index (χ4v) is 2.21. The first-order valence-electron chi connectivity index (χ1n) is 6.93. The van der Waals surface area contributed by atoms with E-state index in [-0.39, 0.29) is 5.91 Å². The molecule has 1 amide bonds. The maximum Gasteiger partial charge on any atom is 0.259 e. The minimum absolute atomic E-state index is 0.264. The smallest absolute Gasteiger partial charge is 0.259 e. The third-order valence-electron chi connectivity index (χ3n) is 3.32. The van der Waals surface area contributed by atoms with Gasteiger partial charge in [-0.3, -0.25) is 9.78 Å². The molecule has 1 N–H and O–H groups in total. The van der Waals surface area contributed by atoms with Gasteiger partial charge in [-0.25, -0.2) is 0 Å². The van der Waals surface area contributed by atoms with Crippen LogP contribution in [0.25, 0.3) is 11.4 Å². The maximum absolute atomic E-state index is 12.4. The topological polar surface area (TPSA) is 81.9 Å². The molecule has 0 aliphatic carbocycles. The number of rotatable bonds is 4. The van der Waals surface area contributed by atoms with E-state index in [0.29, 0.717) is 22.8 Å². The van der Waals surface area contributed by atoms with Crippen LogP contribution >= 0.6 is 0 Å². The van der Waals surface area contributed by atoms with Crippen molar-refractivity contribution in [1.82, 2.24) is 19.7 Å².